The van der Waals surface area contributed by atoms with Crippen LogP contribution in [0.5, 0.6) is 0 Å². The van der Waals surface area contributed by atoms with Crippen molar-refractivity contribution in [2.45, 2.75) is 25.2 Å². The van der Waals surface area contributed by atoms with E-state index in [2.05, 4.69) is 42.3 Å². The Balaban J connectivity index is 1.70. The molecule has 0 aliphatic carbocycles. The van der Waals surface area contributed by atoms with Crippen molar-refractivity contribution in [2.75, 3.05) is 40.3 Å². The first-order valence-electron chi connectivity index (χ1n) is 8.18. The zero-order valence-electron chi connectivity index (χ0n) is 13.6. The Bertz CT molecular complexity index is 509. The van der Waals surface area contributed by atoms with Gasteiger partial charge in [0.25, 0.3) is 0 Å². The number of ether oxygens (including phenoxy) is 1. The van der Waals surface area contributed by atoms with Gasteiger partial charge in [-0.05, 0) is 43.2 Å². The fraction of sp³-hybridized carbons (Fsp3) is 0.611. The summed E-state index contributed by atoms with van der Waals surface area (Å²) < 4.78 is 4.85. The third-order valence-corrected chi connectivity index (χ3v) is 5.34. The van der Waals surface area contributed by atoms with Crippen LogP contribution in [0.15, 0.2) is 30.3 Å². The average molecular weight is 302 g/mol. The van der Waals surface area contributed by atoms with Gasteiger partial charge in [-0.1, -0.05) is 30.3 Å². The predicted molar refractivity (Wildman–Crippen MR) is 86.9 cm³/mol. The van der Waals surface area contributed by atoms with Gasteiger partial charge >= 0.3 is 6.09 Å². The lowest BCUT2D eigenvalue weighted by Gasteiger charge is -2.49. The molecule has 2 heterocycles. The van der Waals surface area contributed by atoms with Crippen molar-refractivity contribution >= 4 is 6.09 Å². The maximum Gasteiger partial charge on any atom is 0.409 e. The number of rotatable bonds is 1. The molecular weight excluding hydrogens is 276 g/mol. The maximum absolute atomic E-state index is 11.7. The van der Waals surface area contributed by atoms with Gasteiger partial charge in [0, 0.05) is 26.2 Å². The Morgan fingerprint density at radius 1 is 1.23 bits per heavy atom. The molecule has 3 rings (SSSR count). The quantitative estimate of drug-likeness (QED) is 0.799. The van der Waals surface area contributed by atoms with Gasteiger partial charge in [0.15, 0.2) is 0 Å². The van der Waals surface area contributed by atoms with Crippen LogP contribution in [0, 0.1) is 5.41 Å². The third kappa shape index (κ3) is 3.12. The molecule has 2 fully saturated rings. The number of hydrogen-bond acceptors (Lipinski definition) is 3. The molecule has 1 aromatic carbocycles. The van der Waals surface area contributed by atoms with Crippen LogP contribution in [0.1, 0.15) is 30.7 Å². The fourth-order valence-corrected chi connectivity index (χ4v) is 4.27. The predicted octanol–water partition coefficient (Wildman–Crippen LogP) is 2.95. The molecule has 1 aromatic rings. The molecule has 0 radical (unpaired) electrons. The number of methoxy groups -OCH3 is 1. The van der Waals surface area contributed by atoms with Crippen LogP contribution in [0.4, 0.5) is 4.79 Å². The molecule has 0 aromatic heterocycles. The molecule has 2 aliphatic rings. The summed E-state index contributed by atoms with van der Waals surface area (Å²) in [5.74, 6) is 0.602. The first-order chi connectivity index (χ1) is 10.6. The lowest BCUT2D eigenvalue weighted by Crippen LogP contribution is -2.51. The Kier molecular flexibility index (Phi) is 4.39. The van der Waals surface area contributed by atoms with Gasteiger partial charge in [-0.25, -0.2) is 4.79 Å². The molecule has 2 aliphatic heterocycles. The Labute approximate surface area is 133 Å². The number of amides is 1. The van der Waals surface area contributed by atoms with Gasteiger partial charge < -0.3 is 14.5 Å². The zero-order chi connectivity index (χ0) is 15.6. The van der Waals surface area contributed by atoms with Crippen LogP contribution in [-0.4, -0.2) is 56.2 Å². The van der Waals surface area contributed by atoms with Crippen molar-refractivity contribution in [1.29, 1.82) is 0 Å². The molecule has 22 heavy (non-hydrogen) atoms. The van der Waals surface area contributed by atoms with Crippen molar-refractivity contribution in [2.24, 2.45) is 5.41 Å². The highest BCUT2D eigenvalue weighted by Gasteiger charge is 2.42. The number of piperidine rings is 2. The summed E-state index contributed by atoms with van der Waals surface area (Å²) in [5, 5.41) is 0. The molecule has 1 amide bonds. The van der Waals surface area contributed by atoms with Crippen molar-refractivity contribution in [3.63, 3.8) is 0 Å². The monoisotopic (exact) mass is 302 g/mol. The van der Waals surface area contributed by atoms with E-state index in [4.69, 9.17) is 4.74 Å². The number of benzene rings is 1. The zero-order valence-corrected chi connectivity index (χ0v) is 13.6. The summed E-state index contributed by atoms with van der Waals surface area (Å²) >= 11 is 0. The highest BCUT2D eigenvalue weighted by Crippen LogP contribution is 2.44. The molecule has 0 bridgehead atoms. The van der Waals surface area contributed by atoms with Crippen molar-refractivity contribution < 1.29 is 9.53 Å². The van der Waals surface area contributed by atoms with Crippen LogP contribution in [-0.2, 0) is 4.74 Å². The lowest BCUT2D eigenvalue weighted by atomic mass is 9.68. The van der Waals surface area contributed by atoms with Crippen molar-refractivity contribution in [3.8, 4) is 0 Å². The molecule has 4 heteroatoms. The van der Waals surface area contributed by atoms with E-state index in [-0.39, 0.29) is 6.09 Å². The van der Waals surface area contributed by atoms with E-state index >= 15 is 0 Å². The summed E-state index contributed by atoms with van der Waals surface area (Å²) in [6.45, 7) is 3.92. The summed E-state index contributed by atoms with van der Waals surface area (Å²) in [5.41, 5.74) is 1.79. The number of carbonyl (C=O) groups excluding carboxylic acids is 1. The molecule has 1 atom stereocenters. The van der Waals surface area contributed by atoms with Crippen LogP contribution in [0.25, 0.3) is 0 Å². The maximum atomic E-state index is 11.7. The topological polar surface area (TPSA) is 32.8 Å². The Hall–Kier alpha value is -1.55. The second-order valence-electron chi connectivity index (χ2n) is 6.97. The van der Waals surface area contributed by atoms with E-state index in [1.165, 1.54) is 19.1 Å². The Morgan fingerprint density at radius 3 is 2.55 bits per heavy atom. The summed E-state index contributed by atoms with van der Waals surface area (Å²) in [6.07, 6.45) is 3.21. The fourth-order valence-electron chi connectivity index (χ4n) is 4.27. The first kappa shape index (κ1) is 15.3. The van der Waals surface area contributed by atoms with Crippen LogP contribution >= 0.6 is 0 Å². The normalized spacial score (nSPS) is 25.2. The second kappa shape index (κ2) is 6.29. The van der Waals surface area contributed by atoms with Crippen LogP contribution < -0.4 is 0 Å². The van der Waals surface area contributed by atoms with E-state index in [0.29, 0.717) is 11.3 Å². The minimum Gasteiger partial charge on any atom is -0.453 e. The van der Waals surface area contributed by atoms with Gasteiger partial charge in [0.1, 0.15) is 0 Å². The number of nitrogens with zero attached hydrogens (tertiary/aromatic N) is 2. The molecule has 1 spiro atoms. The highest BCUT2D eigenvalue weighted by molar-refractivity contribution is 5.67. The van der Waals surface area contributed by atoms with Gasteiger partial charge in [-0.3, -0.25) is 0 Å². The standard InChI is InChI=1S/C18H26N2O2/c1-19-13-16(15-6-4-3-5-7-15)12-18(14-19)8-10-20(11-9-18)17(21)22-2/h3-7,16H,8-14H2,1-2H3/t16-/m1/s1. The number of hydrogen-bond donors (Lipinski definition) is 0. The second-order valence-corrected chi connectivity index (χ2v) is 6.97. The summed E-state index contributed by atoms with van der Waals surface area (Å²) in [4.78, 5) is 16.0. The number of likely N-dealkylation sites (N-methyl/N-ethyl adjacent to an activating group) is 1. The summed E-state index contributed by atoms with van der Waals surface area (Å²) in [7, 11) is 3.69. The lowest BCUT2D eigenvalue weighted by molar-refractivity contribution is 0.0232. The minimum absolute atomic E-state index is 0.182. The van der Waals surface area contributed by atoms with E-state index < -0.39 is 0 Å². The van der Waals surface area contributed by atoms with Gasteiger partial charge in [0.05, 0.1) is 7.11 Å². The smallest absolute Gasteiger partial charge is 0.409 e. The van der Waals surface area contributed by atoms with E-state index in [9.17, 15) is 4.79 Å². The van der Waals surface area contributed by atoms with E-state index in [1.807, 2.05) is 4.90 Å². The highest BCUT2D eigenvalue weighted by atomic mass is 16.5. The number of likely N-dealkylation sites (tertiary alicyclic amines) is 2. The van der Waals surface area contributed by atoms with Crippen molar-refractivity contribution in [1.82, 2.24) is 9.80 Å². The molecule has 4 nitrogen and oxygen atoms in total. The SMILES string of the molecule is COC(=O)N1CCC2(CC1)C[C@@H](c1ccccc1)CN(C)C2. The molecule has 0 N–H and O–H groups in total. The molecule has 0 saturated carbocycles. The summed E-state index contributed by atoms with van der Waals surface area (Å²) in [6, 6.07) is 10.9. The van der Waals surface area contributed by atoms with Gasteiger partial charge in [-0.15, -0.1) is 0 Å². The third-order valence-electron chi connectivity index (χ3n) is 5.34. The van der Waals surface area contributed by atoms with Gasteiger partial charge in [-0.2, -0.15) is 0 Å². The number of carbonyl (C=O) groups is 1. The van der Waals surface area contributed by atoms with E-state index in [1.54, 1.807) is 0 Å². The molecular formula is C18H26N2O2. The molecule has 0 unspecified atom stereocenters. The first-order valence-corrected chi connectivity index (χ1v) is 8.18. The van der Waals surface area contributed by atoms with Crippen LogP contribution in [0.3, 0.4) is 0 Å². The van der Waals surface area contributed by atoms with Crippen LogP contribution in [0.2, 0.25) is 0 Å². The largest absolute Gasteiger partial charge is 0.453 e. The van der Waals surface area contributed by atoms with Gasteiger partial charge in [0.2, 0.25) is 0 Å². The van der Waals surface area contributed by atoms with Crippen molar-refractivity contribution in [3.05, 3.63) is 35.9 Å². The molecule has 120 valence electrons. The Morgan fingerprint density at radius 2 is 1.91 bits per heavy atom. The van der Waals surface area contributed by atoms with E-state index in [0.717, 1.165) is 39.0 Å². The molecule has 2 saturated heterocycles. The minimum atomic E-state index is -0.182. The average Bonchev–Trinajstić information content (AvgIpc) is 2.55.